The van der Waals surface area contributed by atoms with E-state index in [0.29, 0.717) is 5.91 Å². The first-order valence-electron chi connectivity index (χ1n) is 7.84. The van der Waals surface area contributed by atoms with Crippen molar-refractivity contribution in [1.82, 2.24) is 10.2 Å². The zero-order valence-electron chi connectivity index (χ0n) is 12.6. The van der Waals surface area contributed by atoms with Gasteiger partial charge in [0.05, 0.1) is 6.04 Å². The van der Waals surface area contributed by atoms with Crippen molar-refractivity contribution in [2.24, 2.45) is 5.92 Å². The third-order valence-corrected chi connectivity index (χ3v) is 4.27. The molecule has 0 aliphatic carbocycles. The lowest BCUT2D eigenvalue weighted by Gasteiger charge is -2.33. The summed E-state index contributed by atoms with van der Waals surface area (Å²) in [6.07, 6.45) is 2.90. The molecular formula is C17H26N2O. The van der Waals surface area contributed by atoms with E-state index in [4.69, 9.17) is 0 Å². The standard InChI is InChI=1S/C17H26N2O/c1-3-14(4-2)17(20)19-12-8-11-18-13-16(19)15-9-6-5-7-10-15/h5-7,9-10,14,16,18H,3-4,8,11-13H2,1-2H3. The van der Waals surface area contributed by atoms with E-state index >= 15 is 0 Å². The monoisotopic (exact) mass is 274 g/mol. The van der Waals surface area contributed by atoms with Crippen LogP contribution in [0.3, 0.4) is 0 Å². The number of hydrogen-bond donors (Lipinski definition) is 1. The van der Waals surface area contributed by atoms with Crippen LogP contribution in [0, 0.1) is 5.92 Å². The van der Waals surface area contributed by atoms with Crippen molar-refractivity contribution in [2.45, 2.75) is 39.2 Å². The lowest BCUT2D eigenvalue weighted by Crippen LogP contribution is -2.40. The number of carbonyl (C=O) groups is 1. The predicted molar refractivity (Wildman–Crippen MR) is 82.5 cm³/mol. The molecule has 110 valence electrons. The SMILES string of the molecule is CCC(CC)C(=O)N1CCCNCC1c1ccccc1. The van der Waals surface area contributed by atoms with Gasteiger partial charge in [0.25, 0.3) is 0 Å². The molecule has 1 saturated heterocycles. The first-order chi connectivity index (χ1) is 9.77. The molecule has 1 aromatic rings. The summed E-state index contributed by atoms with van der Waals surface area (Å²) >= 11 is 0. The Morgan fingerprint density at radius 1 is 1.30 bits per heavy atom. The van der Waals surface area contributed by atoms with Crippen LogP contribution >= 0.6 is 0 Å². The van der Waals surface area contributed by atoms with Gasteiger partial charge in [-0.1, -0.05) is 44.2 Å². The van der Waals surface area contributed by atoms with Crippen molar-refractivity contribution in [3.63, 3.8) is 0 Å². The van der Waals surface area contributed by atoms with Gasteiger partial charge in [-0.2, -0.15) is 0 Å². The maximum absolute atomic E-state index is 12.8. The molecule has 0 saturated carbocycles. The van der Waals surface area contributed by atoms with Crippen molar-refractivity contribution >= 4 is 5.91 Å². The maximum Gasteiger partial charge on any atom is 0.226 e. The molecule has 1 heterocycles. The molecule has 1 atom stereocenters. The Labute approximate surface area is 122 Å². The Hall–Kier alpha value is -1.35. The highest BCUT2D eigenvalue weighted by Crippen LogP contribution is 2.25. The molecule has 0 spiro atoms. The van der Waals surface area contributed by atoms with Gasteiger partial charge in [-0.25, -0.2) is 0 Å². The largest absolute Gasteiger partial charge is 0.334 e. The Balaban J connectivity index is 2.23. The Kier molecular flexibility index (Phi) is 5.60. The first-order valence-corrected chi connectivity index (χ1v) is 7.84. The first kappa shape index (κ1) is 15.0. The summed E-state index contributed by atoms with van der Waals surface area (Å²) in [5, 5.41) is 3.46. The second-order valence-electron chi connectivity index (χ2n) is 5.53. The topological polar surface area (TPSA) is 32.3 Å². The number of carbonyl (C=O) groups excluding carboxylic acids is 1. The van der Waals surface area contributed by atoms with Gasteiger partial charge in [0, 0.05) is 19.0 Å². The highest BCUT2D eigenvalue weighted by Gasteiger charge is 2.29. The molecule has 1 N–H and O–H groups in total. The van der Waals surface area contributed by atoms with Gasteiger partial charge < -0.3 is 10.2 Å². The summed E-state index contributed by atoms with van der Waals surface area (Å²) in [5.74, 6) is 0.492. The van der Waals surface area contributed by atoms with Crippen LogP contribution in [-0.2, 0) is 4.79 Å². The zero-order chi connectivity index (χ0) is 14.4. The van der Waals surface area contributed by atoms with Gasteiger partial charge in [0.15, 0.2) is 0 Å². The molecule has 20 heavy (non-hydrogen) atoms. The van der Waals surface area contributed by atoms with Crippen LogP contribution in [0.2, 0.25) is 0 Å². The Morgan fingerprint density at radius 3 is 2.65 bits per heavy atom. The van der Waals surface area contributed by atoms with Gasteiger partial charge in [0.1, 0.15) is 0 Å². The van der Waals surface area contributed by atoms with Crippen LogP contribution in [0.15, 0.2) is 30.3 Å². The fourth-order valence-corrected chi connectivity index (χ4v) is 2.99. The quantitative estimate of drug-likeness (QED) is 0.915. The molecule has 1 aliphatic heterocycles. The second kappa shape index (κ2) is 7.44. The molecule has 0 aromatic heterocycles. The average Bonchev–Trinajstić information content (AvgIpc) is 2.75. The lowest BCUT2D eigenvalue weighted by atomic mass is 9.98. The zero-order valence-corrected chi connectivity index (χ0v) is 12.6. The van der Waals surface area contributed by atoms with Gasteiger partial charge >= 0.3 is 0 Å². The van der Waals surface area contributed by atoms with Crippen LogP contribution in [-0.4, -0.2) is 30.4 Å². The van der Waals surface area contributed by atoms with Crippen molar-refractivity contribution in [2.75, 3.05) is 19.6 Å². The number of benzene rings is 1. The maximum atomic E-state index is 12.8. The summed E-state index contributed by atoms with van der Waals surface area (Å²) < 4.78 is 0. The smallest absolute Gasteiger partial charge is 0.226 e. The van der Waals surface area contributed by atoms with Gasteiger partial charge in [-0.3, -0.25) is 4.79 Å². The fraction of sp³-hybridized carbons (Fsp3) is 0.588. The van der Waals surface area contributed by atoms with Crippen molar-refractivity contribution in [1.29, 1.82) is 0 Å². The van der Waals surface area contributed by atoms with Gasteiger partial charge in [0.2, 0.25) is 5.91 Å². The second-order valence-corrected chi connectivity index (χ2v) is 5.53. The lowest BCUT2D eigenvalue weighted by molar-refractivity contribution is -0.138. The molecule has 1 amide bonds. The van der Waals surface area contributed by atoms with E-state index < -0.39 is 0 Å². The molecular weight excluding hydrogens is 248 g/mol. The van der Waals surface area contributed by atoms with Gasteiger partial charge in [-0.05, 0) is 31.4 Å². The molecule has 1 aliphatic rings. The predicted octanol–water partition coefficient (Wildman–Crippen LogP) is 2.99. The number of hydrogen-bond acceptors (Lipinski definition) is 2. The van der Waals surface area contributed by atoms with Crippen LogP contribution < -0.4 is 5.32 Å². The summed E-state index contributed by atoms with van der Waals surface area (Å²) in [4.78, 5) is 14.9. The molecule has 3 heteroatoms. The Morgan fingerprint density at radius 2 is 2.00 bits per heavy atom. The normalized spacial score (nSPS) is 19.9. The average molecular weight is 274 g/mol. The molecule has 3 nitrogen and oxygen atoms in total. The number of nitrogens with one attached hydrogen (secondary N) is 1. The van der Waals surface area contributed by atoms with Crippen LogP contribution in [0.5, 0.6) is 0 Å². The van der Waals surface area contributed by atoms with Gasteiger partial charge in [-0.15, -0.1) is 0 Å². The minimum absolute atomic E-state index is 0.166. The highest BCUT2D eigenvalue weighted by molar-refractivity contribution is 5.79. The van der Waals surface area contributed by atoms with Crippen molar-refractivity contribution in [3.8, 4) is 0 Å². The van der Waals surface area contributed by atoms with Crippen molar-refractivity contribution < 1.29 is 4.79 Å². The molecule has 2 rings (SSSR count). The van der Waals surface area contributed by atoms with Crippen LogP contribution in [0.1, 0.15) is 44.7 Å². The van der Waals surface area contributed by atoms with E-state index in [0.717, 1.165) is 38.9 Å². The Bertz CT molecular complexity index is 414. The van der Waals surface area contributed by atoms with E-state index in [1.807, 2.05) is 6.07 Å². The van der Waals surface area contributed by atoms with E-state index in [1.54, 1.807) is 0 Å². The molecule has 1 unspecified atom stereocenters. The summed E-state index contributed by atoms with van der Waals surface area (Å²) in [7, 11) is 0. The fourth-order valence-electron chi connectivity index (χ4n) is 2.99. The van der Waals surface area contributed by atoms with E-state index in [9.17, 15) is 4.79 Å². The minimum Gasteiger partial charge on any atom is -0.334 e. The molecule has 1 fully saturated rings. The summed E-state index contributed by atoms with van der Waals surface area (Å²) in [6, 6.07) is 10.6. The van der Waals surface area contributed by atoms with E-state index in [1.165, 1.54) is 5.56 Å². The van der Waals surface area contributed by atoms with Crippen molar-refractivity contribution in [3.05, 3.63) is 35.9 Å². The molecule has 0 bridgehead atoms. The number of nitrogens with zero attached hydrogens (tertiary/aromatic N) is 1. The van der Waals surface area contributed by atoms with Crippen LogP contribution in [0.4, 0.5) is 0 Å². The summed E-state index contributed by atoms with van der Waals surface area (Å²) in [5.41, 5.74) is 1.24. The van der Waals surface area contributed by atoms with E-state index in [-0.39, 0.29) is 12.0 Å². The number of amides is 1. The summed E-state index contributed by atoms with van der Waals surface area (Å²) in [6.45, 7) is 6.94. The molecule has 0 radical (unpaired) electrons. The van der Waals surface area contributed by atoms with Crippen LogP contribution in [0.25, 0.3) is 0 Å². The minimum atomic E-state index is 0.166. The van der Waals surface area contributed by atoms with E-state index in [2.05, 4.69) is 48.3 Å². The third kappa shape index (κ3) is 3.40. The molecule has 1 aromatic carbocycles. The number of rotatable bonds is 4. The highest BCUT2D eigenvalue weighted by atomic mass is 16.2. The third-order valence-electron chi connectivity index (χ3n) is 4.27.